The average Bonchev–Trinajstić information content (AvgIpc) is 2.91. The monoisotopic (exact) mass is 577 g/mol. The number of ether oxygens (including phenoxy) is 4. The van der Waals surface area contributed by atoms with Crippen molar-refractivity contribution in [2.75, 3.05) is 6.61 Å². The maximum Gasteiger partial charge on any atom is 1.00 e. The van der Waals surface area contributed by atoms with Gasteiger partial charge in [-0.3, -0.25) is 15.7 Å². The number of cyclic esters (lactones) is 1. The molecule has 1 rings (SSSR count). The second-order valence-electron chi connectivity index (χ2n) is 10.8. The number of rotatable bonds is 4. The molecule has 2 N–H and O–H groups in total. The third-order valence-electron chi connectivity index (χ3n) is 2.82. The maximum absolute atomic E-state index is 11.0. The van der Waals surface area contributed by atoms with Crippen molar-refractivity contribution in [2.45, 2.75) is 111 Å². The van der Waals surface area contributed by atoms with Gasteiger partial charge in [0.1, 0.15) is 17.8 Å². The number of hydrogen-bond donors (Lipinski definition) is 1. The molecular weight excluding hydrogens is 532 g/mol. The van der Waals surface area contributed by atoms with Gasteiger partial charge in [-0.2, -0.15) is 0 Å². The normalized spacial score (nSPS) is 14.3. The van der Waals surface area contributed by atoms with Crippen molar-refractivity contribution in [3.05, 3.63) is 31.3 Å². The van der Waals surface area contributed by atoms with Crippen LogP contribution in [0.15, 0.2) is 24.4 Å². The van der Waals surface area contributed by atoms with Crippen molar-refractivity contribution in [3.63, 3.8) is 0 Å². The summed E-state index contributed by atoms with van der Waals surface area (Å²) in [4.78, 5) is 31.3. The van der Waals surface area contributed by atoms with Crippen molar-refractivity contribution < 1.29 is 135 Å². The van der Waals surface area contributed by atoms with E-state index in [9.17, 15) is 29.7 Å². The molecule has 0 aromatic carbocycles. The molecule has 0 aliphatic carbocycles. The van der Waals surface area contributed by atoms with Crippen molar-refractivity contribution in [1.29, 1.82) is 0 Å². The summed E-state index contributed by atoms with van der Waals surface area (Å²) in [6.07, 6.45) is -1.10. The van der Waals surface area contributed by atoms with Crippen LogP contribution in [0.1, 0.15) is 82.1 Å². The molecule has 42 heavy (non-hydrogen) atoms. The second kappa shape index (κ2) is 29.3. The molecule has 0 spiro atoms. The summed E-state index contributed by atoms with van der Waals surface area (Å²) in [6.45, 7) is 23.8. The van der Waals surface area contributed by atoms with Crippen LogP contribution in [0.2, 0.25) is 0 Å². The topological polar surface area (TPSA) is 208 Å². The van der Waals surface area contributed by atoms with Gasteiger partial charge in [0.25, 0.3) is 0 Å². The van der Waals surface area contributed by atoms with Crippen LogP contribution in [0.3, 0.4) is 0 Å². The molecule has 16 heteroatoms. The Morgan fingerprint density at radius 3 is 1.50 bits per heavy atom. The van der Waals surface area contributed by atoms with Crippen LogP contribution >= 0.6 is 0 Å². The first kappa shape index (κ1) is 60.7. The molecule has 12 nitrogen and oxygen atoms in total. The van der Waals surface area contributed by atoms with Crippen LogP contribution in [0.4, 0.5) is 0 Å². The zero-order chi connectivity index (χ0) is 30.2. The first-order chi connectivity index (χ1) is 16.3. The van der Waals surface area contributed by atoms with Gasteiger partial charge in [-0.15, -0.1) is 5.76 Å². The number of aliphatic hydroxyl groups excluding tert-OH is 1. The Kier molecular flexibility index (Phi) is 42.3. The Hall–Kier alpha value is -0.440. The van der Waals surface area contributed by atoms with Gasteiger partial charge in [0.05, 0.1) is 12.5 Å². The quantitative estimate of drug-likeness (QED) is 0.0825. The predicted octanol–water partition coefficient (Wildman–Crippen LogP) is -11.4. The summed E-state index contributed by atoms with van der Waals surface area (Å²) in [5, 5.41) is 40.1. The molecule has 1 heterocycles. The maximum atomic E-state index is 11.0. The van der Waals surface area contributed by atoms with Gasteiger partial charge in [-0.1, -0.05) is 33.8 Å². The third kappa shape index (κ3) is 59.1. The van der Waals surface area contributed by atoms with Crippen LogP contribution in [0.5, 0.6) is 0 Å². The molecule has 0 bridgehead atoms. The first-order valence-electron chi connectivity index (χ1n) is 11.5. The van der Waals surface area contributed by atoms with Gasteiger partial charge in [-0.25, -0.2) is 4.79 Å². The fourth-order valence-electron chi connectivity index (χ4n) is 2.02. The SMILES string of the molecule is C=C([O-])OC(C)(C)C.CC(=O)OC(C)(C)C.O=C1C[C@H](O)CO1.[CH2-][C@@H]([O-])C/C([O-])=C/C(=O)OC(C)(C)C.[Li+].[Li+].[Li+].[Li+].[OH-]. The summed E-state index contributed by atoms with van der Waals surface area (Å²) in [5.74, 6) is -2.26. The van der Waals surface area contributed by atoms with E-state index in [1.165, 1.54) is 6.92 Å². The largest absolute Gasteiger partial charge is 1.00 e. The van der Waals surface area contributed by atoms with E-state index in [-0.39, 0.29) is 118 Å². The Bertz CT molecular complexity index is 728. The second-order valence-corrected chi connectivity index (χ2v) is 10.8. The van der Waals surface area contributed by atoms with Gasteiger partial charge < -0.3 is 51.8 Å². The third-order valence-corrected chi connectivity index (χ3v) is 2.82. The fourth-order valence-corrected chi connectivity index (χ4v) is 2.02. The molecule has 2 atom stereocenters. The van der Waals surface area contributed by atoms with Crippen LogP contribution < -0.4 is 90.8 Å². The van der Waals surface area contributed by atoms with Gasteiger partial charge in [0, 0.05) is 24.5 Å². The molecule has 0 aromatic heterocycles. The summed E-state index contributed by atoms with van der Waals surface area (Å²) >= 11 is 0. The number of carbonyl (C=O) groups is 3. The molecule has 1 fully saturated rings. The van der Waals surface area contributed by atoms with Crippen molar-refractivity contribution in [3.8, 4) is 0 Å². The van der Waals surface area contributed by atoms with E-state index < -0.39 is 41.1 Å². The summed E-state index contributed by atoms with van der Waals surface area (Å²) in [7, 11) is 0. The standard InChI is InChI=1S/C10H16O4.2C6H12O2.C4H6O3.4Li.H2O/c1-7(11)5-8(12)6-9(13)14-10(2,3)4;2*1-5(7)8-6(2,3)4;5-3-1-4(6)7-2-3;;;;;/h6-7,12H,1,5H2,2-4H3;1-4H3;7H,1H2,2-4H3;3,5H,1-2H2;;;;;1H2/q-2;;;;4*+1;/p-3/b8-6-;;;;;;;;/t7-;;;3-;;;;;/m1..0...../s1. The molecule has 0 amide bonds. The van der Waals surface area contributed by atoms with Crippen LogP contribution in [0, 0.1) is 6.92 Å². The summed E-state index contributed by atoms with van der Waals surface area (Å²) < 4.78 is 18.7. The molecule has 0 aromatic rings. The van der Waals surface area contributed by atoms with Crippen LogP contribution in [0.25, 0.3) is 0 Å². The molecule has 1 aliphatic heterocycles. The molecule has 0 saturated carbocycles. The molecule has 1 saturated heterocycles. The van der Waals surface area contributed by atoms with Gasteiger partial charge >= 0.3 is 93.4 Å². The Labute approximate surface area is 299 Å². The van der Waals surface area contributed by atoms with Crippen molar-refractivity contribution in [1.82, 2.24) is 0 Å². The Morgan fingerprint density at radius 1 is 0.976 bits per heavy atom. The molecule has 1 aliphatic rings. The van der Waals surface area contributed by atoms with Crippen molar-refractivity contribution >= 4 is 17.9 Å². The van der Waals surface area contributed by atoms with Crippen molar-refractivity contribution in [2.24, 2.45) is 0 Å². The Morgan fingerprint density at radius 2 is 1.36 bits per heavy atom. The van der Waals surface area contributed by atoms with E-state index in [2.05, 4.69) is 23.0 Å². The number of aliphatic hydroxyl groups is 1. The predicted molar refractivity (Wildman–Crippen MR) is 133 cm³/mol. The minimum absolute atomic E-state index is 0. The smallest absolute Gasteiger partial charge is 0.876 e. The van der Waals surface area contributed by atoms with Crippen LogP contribution in [-0.4, -0.2) is 64.1 Å². The number of carbonyl (C=O) groups excluding carboxylic acids is 3. The average molecular weight is 577 g/mol. The van der Waals surface area contributed by atoms with E-state index in [1.807, 2.05) is 20.8 Å². The molecule has 0 unspecified atom stereocenters. The summed E-state index contributed by atoms with van der Waals surface area (Å²) in [5.41, 5.74) is -1.35. The zero-order valence-corrected chi connectivity index (χ0v) is 28.2. The van der Waals surface area contributed by atoms with E-state index in [1.54, 1.807) is 41.5 Å². The number of hydrogen-bond acceptors (Lipinski definition) is 12. The minimum Gasteiger partial charge on any atom is -0.876 e. The Balaban J connectivity index is -0.0000000610. The molecule has 226 valence electrons. The van der Waals surface area contributed by atoms with E-state index >= 15 is 0 Å². The van der Waals surface area contributed by atoms with E-state index in [0.29, 0.717) is 0 Å². The fraction of sp³-hybridized carbons (Fsp3) is 0.692. The van der Waals surface area contributed by atoms with Gasteiger partial charge in [0.15, 0.2) is 0 Å². The number of esters is 3. The van der Waals surface area contributed by atoms with E-state index in [0.717, 1.165) is 6.08 Å². The molecular formula is C26H45Li4O12-. The zero-order valence-electron chi connectivity index (χ0n) is 28.2. The minimum atomic E-state index is -1.24. The van der Waals surface area contributed by atoms with Gasteiger partial charge in [0.2, 0.25) is 0 Å². The first-order valence-corrected chi connectivity index (χ1v) is 11.5. The molecule has 0 radical (unpaired) electrons. The van der Waals surface area contributed by atoms with Crippen LogP contribution in [-0.2, 0) is 33.3 Å². The summed E-state index contributed by atoms with van der Waals surface area (Å²) in [6, 6.07) is 0. The van der Waals surface area contributed by atoms with Gasteiger partial charge in [-0.05, 0) is 41.5 Å². The van der Waals surface area contributed by atoms with E-state index in [4.69, 9.17) is 14.6 Å².